The molecular formula is C26H38N3OS+. The van der Waals surface area contributed by atoms with Crippen molar-refractivity contribution >= 4 is 23.7 Å². The highest BCUT2D eigenvalue weighted by molar-refractivity contribution is 7.77. The van der Waals surface area contributed by atoms with Crippen molar-refractivity contribution in [2.45, 2.75) is 59.8 Å². The van der Waals surface area contributed by atoms with E-state index >= 15 is 0 Å². The lowest BCUT2D eigenvalue weighted by atomic mass is 9.87. The van der Waals surface area contributed by atoms with Crippen molar-refractivity contribution in [3.8, 4) is 5.75 Å². The van der Waals surface area contributed by atoms with E-state index in [4.69, 9.17) is 10.1 Å². The molecule has 0 heterocycles. The van der Waals surface area contributed by atoms with Gasteiger partial charge in [0.2, 0.25) is 0 Å². The molecule has 0 bridgehead atoms. The molecule has 0 aliphatic heterocycles. The smallest absolute Gasteiger partial charge is 0.402 e. The Hall–Kier alpha value is -2.11. The van der Waals surface area contributed by atoms with Crippen LogP contribution in [0.15, 0.2) is 41.4 Å². The summed E-state index contributed by atoms with van der Waals surface area (Å²) in [6.45, 7) is 15.1. The SMILES string of the molecule is CCN(C)CCCc1cc(C)c(OC([SH2+])=NC(=N)c2ccc(C(C)(C)C)cc2)cc1C. The van der Waals surface area contributed by atoms with Crippen LogP contribution in [0.25, 0.3) is 0 Å². The van der Waals surface area contributed by atoms with E-state index in [1.807, 2.05) is 19.1 Å². The number of benzene rings is 2. The van der Waals surface area contributed by atoms with Gasteiger partial charge in [-0.05, 0) is 80.6 Å². The van der Waals surface area contributed by atoms with Crippen LogP contribution in [0.2, 0.25) is 0 Å². The molecule has 5 heteroatoms. The molecule has 0 aliphatic carbocycles. The normalized spacial score (nSPS) is 12.4. The lowest BCUT2D eigenvalue weighted by Crippen LogP contribution is -2.19. The molecule has 2 aromatic rings. The predicted molar refractivity (Wildman–Crippen MR) is 138 cm³/mol. The van der Waals surface area contributed by atoms with Crippen LogP contribution in [-0.4, -0.2) is 36.1 Å². The summed E-state index contributed by atoms with van der Waals surface area (Å²) in [6, 6.07) is 12.2. The van der Waals surface area contributed by atoms with Crippen LogP contribution in [0, 0.1) is 19.3 Å². The number of aliphatic imine (C=N–C) groups is 1. The molecule has 4 nitrogen and oxygen atoms in total. The van der Waals surface area contributed by atoms with E-state index in [-0.39, 0.29) is 16.5 Å². The Morgan fingerprint density at radius 2 is 1.74 bits per heavy atom. The number of hydrogen-bond donors (Lipinski definition) is 1. The third kappa shape index (κ3) is 7.51. The summed E-state index contributed by atoms with van der Waals surface area (Å²) in [7, 11) is 2.15. The fourth-order valence-corrected chi connectivity index (χ4v) is 3.57. The van der Waals surface area contributed by atoms with E-state index < -0.39 is 0 Å². The van der Waals surface area contributed by atoms with E-state index in [1.54, 1.807) is 0 Å². The molecule has 0 spiro atoms. The molecule has 168 valence electrons. The van der Waals surface area contributed by atoms with Gasteiger partial charge >= 0.3 is 5.23 Å². The van der Waals surface area contributed by atoms with Crippen molar-refractivity contribution < 1.29 is 4.74 Å². The zero-order valence-corrected chi connectivity index (χ0v) is 21.1. The minimum atomic E-state index is 0.0841. The standard InChI is InChI=1S/C26H37N3OS/c1-8-29(7)15-9-10-21-16-19(3)23(17-18(21)2)30-25(31)28-24(27)20-11-13-22(14-12-20)26(4,5)6/h11-14,16-17H,8-10,15H2,1-7H3,(H2,27,28,31)/p+1. The van der Waals surface area contributed by atoms with Gasteiger partial charge in [-0.3, -0.25) is 5.41 Å². The molecule has 0 aromatic heterocycles. The molecule has 0 aliphatic rings. The number of nitrogens with zero attached hydrogens (tertiary/aromatic N) is 2. The number of nitrogens with one attached hydrogen (secondary N) is 1. The third-order valence-electron chi connectivity index (χ3n) is 5.60. The Bertz CT molecular complexity index is 927. The predicted octanol–water partition coefficient (Wildman–Crippen LogP) is 5.26. The Kier molecular flexibility index (Phi) is 8.90. The second kappa shape index (κ2) is 11.0. The molecule has 31 heavy (non-hydrogen) atoms. The van der Waals surface area contributed by atoms with Gasteiger partial charge in [0.25, 0.3) is 0 Å². The lowest BCUT2D eigenvalue weighted by Gasteiger charge is -2.18. The highest BCUT2D eigenvalue weighted by Crippen LogP contribution is 2.25. The molecule has 0 atom stereocenters. The third-order valence-corrected chi connectivity index (χ3v) is 5.82. The number of ether oxygens (including phenoxy) is 1. The van der Waals surface area contributed by atoms with Gasteiger partial charge in [-0.15, -0.1) is 4.99 Å². The summed E-state index contributed by atoms with van der Waals surface area (Å²) in [6.07, 6.45) is 2.20. The van der Waals surface area contributed by atoms with Crippen molar-refractivity contribution in [1.82, 2.24) is 4.90 Å². The van der Waals surface area contributed by atoms with Gasteiger partial charge in [-0.25, -0.2) is 0 Å². The Morgan fingerprint density at radius 1 is 1.10 bits per heavy atom. The molecule has 2 rings (SSSR count). The lowest BCUT2D eigenvalue weighted by molar-refractivity contribution is 0.347. The van der Waals surface area contributed by atoms with E-state index in [0.29, 0.717) is 0 Å². The summed E-state index contributed by atoms with van der Waals surface area (Å²) in [5.74, 6) is 0.924. The Labute approximate surface area is 193 Å². The molecule has 0 fully saturated rings. The molecular weight excluding hydrogens is 402 g/mol. The van der Waals surface area contributed by atoms with Crippen molar-refractivity contribution in [2.75, 3.05) is 20.1 Å². The average Bonchev–Trinajstić information content (AvgIpc) is 2.70. The van der Waals surface area contributed by atoms with Crippen LogP contribution < -0.4 is 4.74 Å². The van der Waals surface area contributed by atoms with E-state index in [1.165, 1.54) is 16.7 Å². The van der Waals surface area contributed by atoms with Gasteiger partial charge in [0.15, 0.2) is 5.84 Å². The zero-order chi connectivity index (χ0) is 23.2. The van der Waals surface area contributed by atoms with E-state index in [0.717, 1.165) is 42.8 Å². The molecule has 0 saturated carbocycles. The van der Waals surface area contributed by atoms with Crippen LogP contribution in [0.5, 0.6) is 5.75 Å². The van der Waals surface area contributed by atoms with Gasteiger partial charge in [-0.1, -0.05) is 58.0 Å². The van der Waals surface area contributed by atoms with Gasteiger partial charge in [-0.2, -0.15) is 0 Å². The van der Waals surface area contributed by atoms with Crippen molar-refractivity contribution in [3.05, 3.63) is 64.2 Å². The monoisotopic (exact) mass is 440 g/mol. The second-order valence-electron chi connectivity index (χ2n) is 9.24. The molecule has 0 saturated heterocycles. The maximum absolute atomic E-state index is 8.31. The average molecular weight is 441 g/mol. The summed E-state index contributed by atoms with van der Waals surface area (Å²) in [5, 5.41) is 8.59. The highest BCUT2D eigenvalue weighted by atomic mass is 32.1. The van der Waals surface area contributed by atoms with Crippen LogP contribution in [0.1, 0.15) is 61.9 Å². The Balaban J connectivity index is 2.06. The topological polar surface area (TPSA) is 48.7 Å². The second-order valence-corrected chi connectivity index (χ2v) is 9.67. The van der Waals surface area contributed by atoms with Crippen LogP contribution in [-0.2, 0) is 24.5 Å². The molecule has 1 N–H and O–H groups in total. The number of rotatable bonds is 7. The fraction of sp³-hybridized carbons (Fsp3) is 0.462. The van der Waals surface area contributed by atoms with Crippen molar-refractivity contribution in [1.29, 1.82) is 5.41 Å². The summed E-state index contributed by atoms with van der Waals surface area (Å²) in [5.41, 5.74) is 5.71. The fourth-order valence-electron chi connectivity index (χ4n) is 3.35. The largest absolute Gasteiger partial charge is 0.414 e. The first-order valence-corrected chi connectivity index (χ1v) is 11.5. The van der Waals surface area contributed by atoms with Crippen LogP contribution in [0.3, 0.4) is 0 Å². The molecule has 2 aromatic carbocycles. The number of hydrogen-bond acceptors (Lipinski definition) is 3. The minimum absolute atomic E-state index is 0.0841. The minimum Gasteiger partial charge on any atom is -0.402 e. The zero-order valence-electron chi connectivity index (χ0n) is 20.1. The summed E-state index contributed by atoms with van der Waals surface area (Å²) >= 11 is 3.44. The number of aryl methyl sites for hydroxylation is 3. The van der Waals surface area contributed by atoms with Crippen molar-refractivity contribution in [3.63, 3.8) is 0 Å². The van der Waals surface area contributed by atoms with E-state index in [9.17, 15) is 0 Å². The number of amidine groups is 1. The quantitative estimate of drug-likeness (QED) is 0.363. The van der Waals surface area contributed by atoms with Gasteiger partial charge < -0.3 is 9.64 Å². The molecule has 0 unspecified atom stereocenters. The molecule has 0 amide bonds. The molecule has 0 radical (unpaired) electrons. The first-order chi connectivity index (χ1) is 14.5. The van der Waals surface area contributed by atoms with E-state index in [2.05, 4.69) is 88.5 Å². The van der Waals surface area contributed by atoms with Crippen LogP contribution in [0.4, 0.5) is 0 Å². The van der Waals surface area contributed by atoms with Gasteiger partial charge in [0, 0.05) is 5.56 Å². The maximum Gasteiger partial charge on any atom is 0.414 e. The van der Waals surface area contributed by atoms with Crippen molar-refractivity contribution in [2.24, 2.45) is 4.99 Å². The Morgan fingerprint density at radius 3 is 2.32 bits per heavy atom. The van der Waals surface area contributed by atoms with Crippen LogP contribution >= 0.6 is 0 Å². The summed E-state index contributed by atoms with van der Waals surface area (Å²) < 4.78 is 5.93. The first kappa shape index (κ1) is 25.2. The summed E-state index contributed by atoms with van der Waals surface area (Å²) in [4.78, 5) is 6.62. The maximum atomic E-state index is 8.31. The highest BCUT2D eigenvalue weighted by Gasteiger charge is 2.15. The van der Waals surface area contributed by atoms with Gasteiger partial charge in [0.1, 0.15) is 5.75 Å². The van der Waals surface area contributed by atoms with Gasteiger partial charge in [0.05, 0.1) is 12.6 Å². The first-order valence-electron chi connectivity index (χ1n) is 11.0.